The molecule has 0 spiro atoms. The Bertz CT molecular complexity index is 1710. The molecule has 2 aliphatic heterocycles. The van der Waals surface area contributed by atoms with Gasteiger partial charge < -0.3 is 40.1 Å². The van der Waals surface area contributed by atoms with Gasteiger partial charge in [-0.15, -0.1) is 0 Å². The predicted octanol–water partition coefficient (Wildman–Crippen LogP) is -2.21. The van der Waals surface area contributed by atoms with Crippen LogP contribution in [-0.4, -0.2) is 97.7 Å². The van der Waals surface area contributed by atoms with Crippen LogP contribution in [0.25, 0.3) is 11.2 Å². The van der Waals surface area contributed by atoms with Gasteiger partial charge in [-0.1, -0.05) is 0 Å². The molecule has 0 bridgehead atoms. The molecule has 21 nitrogen and oxygen atoms in total. The third kappa shape index (κ3) is 6.63. The van der Waals surface area contributed by atoms with Crippen molar-refractivity contribution >= 4 is 32.6 Å². The number of rotatable bonds is 10. The number of hydrogen-bond donors (Lipinski definition) is 7. The Labute approximate surface area is 239 Å². The van der Waals surface area contributed by atoms with Crippen LogP contribution in [0.3, 0.4) is 0 Å². The highest BCUT2D eigenvalue weighted by molar-refractivity contribution is 7.47. The Morgan fingerprint density at radius 1 is 1.12 bits per heavy atom. The van der Waals surface area contributed by atoms with Crippen molar-refractivity contribution in [2.24, 2.45) is 0 Å². The molecule has 2 saturated heterocycles. The minimum atomic E-state index is -5.18. The van der Waals surface area contributed by atoms with Gasteiger partial charge >= 0.3 is 21.3 Å². The number of aromatic amines is 1. The predicted molar refractivity (Wildman–Crippen MR) is 139 cm³/mol. The van der Waals surface area contributed by atoms with Gasteiger partial charge in [0.1, 0.15) is 48.6 Å². The van der Waals surface area contributed by atoms with E-state index in [1.165, 1.54) is 24.0 Å². The van der Waals surface area contributed by atoms with Gasteiger partial charge in [-0.2, -0.15) is 0 Å². The number of phosphoric ester groups is 2. The first-order valence-corrected chi connectivity index (χ1v) is 15.4. The summed E-state index contributed by atoms with van der Waals surface area (Å²) in [4.78, 5) is 67.0. The van der Waals surface area contributed by atoms with Gasteiger partial charge in [0.25, 0.3) is 5.56 Å². The van der Waals surface area contributed by atoms with Gasteiger partial charge in [0.2, 0.25) is 0 Å². The lowest BCUT2D eigenvalue weighted by atomic mass is 10.1. The summed E-state index contributed by atoms with van der Waals surface area (Å²) in [6.45, 7) is -0.151. The van der Waals surface area contributed by atoms with Crippen molar-refractivity contribution in [2.75, 3.05) is 18.9 Å². The summed E-state index contributed by atoms with van der Waals surface area (Å²) in [5, 5.41) is 20.9. The van der Waals surface area contributed by atoms with Crippen molar-refractivity contribution in [3.05, 3.63) is 45.3 Å². The molecule has 0 radical (unpaired) electrons. The van der Waals surface area contributed by atoms with Crippen LogP contribution < -0.4 is 17.0 Å². The number of nitrogens with one attached hydrogen (secondary N) is 1. The molecule has 2 aliphatic rings. The lowest BCUT2D eigenvalue weighted by molar-refractivity contribution is -0.0556. The molecule has 23 heteroatoms. The number of phosphoric acid groups is 2. The number of aliphatic hydroxyl groups is 2. The minimum absolute atomic E-state index is 0.00786. The zero-order valence-corrected chi connectivity index (χ0v) is 23.8. The fourth-order valence-electron chi connectivity index (χ4n) is 4.74. The second-order valence-electron chi connectivity index (χ2n) is 9.63. The number of ether oxygens (including phenoxy) is 2. The lowest BCUT2D eigenvalue weighted by Crippen LogP contribution is -2.36. The number of H-pyrrole nitrogens is 1. The summed E-state index contributed by atoms with van der Waals surface area (Å²) in [5.41, 5.74) is 4.77. The maximum absolute atomic E-state index is 13.2. The molecule has 8 atom stereocenters. The fourth-order valence-corrected chi connectivity index (χ4v) is 6.26. The smallest absolute Gasteiger partial charge is 0.394 e. The summed E-state index contributed by atoms with van der Waals surface area (Å²) in [7, 11) is -10.2. The Hall–Kier alpha value is -2.91. The number of aliphatic hydroxyl groups excluding tert-OH is 2. The molecule has 3 unspecified atom stereocenters. The third-order valence-corrected chi connectivity index (χ3v) is 8.25. The number of aryl methyl sites for hydroxylation is 1. The van der Waals surface area contributed by atoms with Gasteiger partial charge in [-0.25, -0.2) is 28.9 Å². The molecule has 0 aliphatic carbocycles. The monoisotopic (exact) mass is 651 g/mol. The van der Waals surface area contributed by atoms with E-state index in [1.54, 1.807) is 0 Å². The number of imidazole rings is 1. The van der Waals surface area contributed by atoms with Crippen molar-refractivity contribution in [3.8, 4) is 0 Å². The van der Waals surface area contributed by atoms with Gasteiger partial charge in [0.05, 0.1) is 19.5 Å². The zero-order valence-electron chi connectivity index (χ0n) is 22.0. The van der Waals surface area contributed by atoms with E-state index in [9.17, 15) is 43.6 Å². The molecule has 0 saturated carbocycles. The SMILES string of the molecule is Cc1cn([C@@H]2CC(OP(=O)(O)OC3[C@@H](COP(=O)(O)O)O[C@@H](n4cnc5c(N)ncnc54)[C@H]3O)[C@H](CO)O2)c(=O)[nH]c1=O. The number of aromatic nitrogens is 6. The van der Waals surface area contributed by atoms with Crippen molar-refractivity contribution < 1.29 is 57.1 Å². The van der Waals surface area contributed by atoms with E-state index in [1.807, 2.05) is 0 Å². The molecule has 236 valence electrons. The normalized spacial score (nSPS) is 29.3. The highest BCUT2D eigenvalue weighted by Gasteiger charge is 2.51. The van der Waals surface area contributed by atoms with Gasteiger partial charge in [-0.05, 0) is 6.92 Å². The Kier molecular flexibility index (Phi) is 8.71. The summed E-state index contributed by atoms with van der Waals surface area (Å²) >= 11 is 0. The van der Waals surface area contributed by atoms with Gasteiger partial charge in [0.15, 0.2) is 17.7 Å². The Morgan fingerprint density at radius 2 is 1.86 bits per heavy atom. The van der Waals surface area contributed by atoms with Crippen LogP contribution in [0, 0.1) is 6.92 Å². The first kappa shape index (κ1) is 31.5. The van der Waals surface area contributed by atoms with Crippen LogP contribution in [0.2, 0.25) is 0 Å². The second-order valence-corrected chi connectivity index (χ2v) is 12.2. The molecule has 43 heavy (non-hydrogen) atoms. The summed E-state index contributed by atoms with van der Waals surface area (Å²) < 4.78 is 53.1. The third-order valence-electron chi connectivity index (χ3n) is 6.72. The Balaban J connectivity index is 1.37. The first-order valence-electron chi connectivity index (χ1n) is 12.4. The van der Waals surface area contributed by atoms with Gasteiger partial charge in [-0.3, -0.25) is 32.5 Å². The average Bonchev–Trinajstić information content (AvgIpc) is 3.61. The second kappa shape index (κ2) is 11.9. The molecule has 2 fully saturated rings. The number of nitrogen functional groups attached to an aromatic ring is 1. The number of nitrogens with two attached hydrogens (primary N) is 1. The van der Waals surface area contributed by atoms with Crippen molar-refractivity contribution in [2.45, 2.75) is 56.3 Å². The van der Waals surface area contributed by atoms with E-state index >= 15 is 0 Å². The van der Waals surface area contributed by atoms with Crippen LogP contribution in [0.5, 0.6) is 0 Å². The molecule has 5 heterocycles. The van der Waals surface area contributed by atoms with E-state index < -0.39 is 83.1 Å². The van der Waals surface area contributed by atoms with Crippen LogP contribution >= 0.6 is 15.6 Å². The molecule has 8 N–H and O–H groups in total. The van der Waals surface area contributed by atoms with E-state index in [-0.39, 0.29) is 29.0 Å². The maximum Gasteiger partial charge on any atom is 0.473 e. The summed E-state index contributed by atoms with van der Waals surface area (Å²) in [6, 6.07) is 0. The zero-order chi connectivity index (χ0) is 31.3. The number of anilines is 1. The topological polar surface area (TPSA) is 306 Å². The number of hydrogen-bond acceptors (Lipinski definition) is 15. The number of fused-ring (bicyclic) bond motifs is 1. The largest absolute Gasteiger partial charge is 0.473 e. The molecule has 3 aromatic heterocycles. The Morgan fingerprint density at radius 3 is 2.56 bits per heavy atom. The molecular weight excluding hydrogens is 624 g/mol. The van der Waals surface area contributed by atoms with Crippen LogP contribution in [0.4, 0.5) is 5.82 Å². The van der Waals surface area contributed by atoms with E-state index in [4.69, 9.17) is 24.3 Å². The highest BCUT2D eigenvalue weighted by atomic mass is 31.2. The number of nitrogens with zero attached hydrogens (tertiary/aromatic N) is 5. The summed E-state index contributed by atoms with van der Waals surface area (Å²) in [5.74, 6) is 0.00786. The lowest BCUT2D eigenvalue weighted by Gasteiger charge is -2.25. The van der Waals surface area contributed by atoms with Crippen LogP contribution in [-0.2, 0) is 32.2 Å². The fraction of sp³-hybridized carbons (Fsp3) is 0.550. The highest BCUT2D eigenvalue weighted by Crippen LogP contribution is 2.52. The quantitative estimate of drug-likeness (QED) is 0.114. The molecule has 0 aromatic carbocycles. The molecule has 3 aromatic rings. The van der Waals surface area contributed by atoms with Crippen molar-refractivity contribution in [3.63, 3.8) is 0 Å². The van der Waals surface area contributed by atoms with Crippen molar-refractivity contribution in [1.82, 2.24) is 29.1 Å². The average molecular weight is 651 g/mol. The first-order chi connectivity index (χ1) is 20.2. The molecule has 5 rings (SSSR count). The standard InChI is InChI=1S/C20H27N7O14P2/c1-8-3-26(20(31)25-18(8)30)12-2-9(10(4-28)38-12)40-43(35,36)41-15-11(5-37-42(32,33)34)39-19(14(15)29)27-7-24-13-16(21)22-6-23-17(13)27/h3,6-7,9-12,14-15,19,28-29H,2,4-5H2,1H3,(H,35,36)(H2,21,22,23)(H,25,30,31)(H2,32,33,34)/t9?,10-,11+,12-,14-,15?,19+/m0/s1. The van der Waals surface area contributed by atoms with Gasteiger partial charge in [0, 0.05) is 18.2 Å². The van der Waals surface area contributed by atoms with E-state index in [0.29, 0.717) is 0 Å². The molecular formula is C20H27N7O14P2. The van der Waals surface area contributed by atoms with Crippen molar-refractivity contribution in [1.29, 1.82) is 0 Å². The van der Waals surface area contributed by atoms with Crippen LogP contribution in [0.15, 0.2) is 28.4 Å². The maximum atomic E-state index is 13.2. The van der Waals surface area contributed by atoms with E-state index in [0.717, 1.165) is 10.9 Å². The molecule has 0 amide bonds. The van der Waals surface area contributed by atoms with Crippen LogP contribution in [0.1, 0.15) is 24.4 Å². The summed E-state index contributed by atoms with van der Waals surface area (Å²) in [6.07, 6.45) is -6.92. The van der Waals surface area contributed by atoms with E-state index in [2.05, 4.69) is 24.5 Å². The minimum Gasteiger partial charge on any atom is -0.394 e.